The summed E-state index contributed by atoms with van der Waals surface area (Å²) in [5.74, 6) is 0. The number of rotatable bonds is 5. The molecule has 0 aliphatic heterocycles. The van der Waals surface area contributed by atoms with E-state index in [4.69, 9.17) is 9.82 Å². The number of aryl methyl sites for hydroxylation is 1. The molecule has 0 N–H and O–H groups in total. The molecule has 4 aromatic rings. The van der Waals surface area contributed by atoms with Crippen LogP contribution in [-0.4, -0.2) is 15.6 Å². The first kappa shape index (κ1) is 19.4. The Balaban J connectivity index is 1.51. The molecule has 0 amide bonds. The Morgan fingerprint density at radius 1 is 1.07 bits per heavy atom. The lowest BCUT2D eigenvalue weighted by Crippen LogP contribution is -2.10. The molecule has 148 valence electrons. The maximum Gasteiger partial charge on any atom is 0.194 e. The van der Waals surface area contributed by atoms with E-state index in [0.717, 1.165) is 27.5 Å². The van der Waals surface area contributed by atoms with Crippen LogP contribution in [0.5, 0.6) is 0 Å². The third-order valence-corrected chi connectivity index (χ3v) is 5.68. The van der Waals surface area contributed by atoms with Crippen LogP contribution in [0.25, 0.3) is 16.2 Å². The Hall–Kier alpha value is -2.92. The summed E-state index contributed by atoms with van der Waals surface area (Å²) in [6.07, 6.45) is 3.77. The maximum atomic E-state index is 5.59. The van der Waals surface area contributed by atoms with Crippen molar-refractivity contribution in [3.63, 3.8) is 0 Å². The normalized spacial score (nSPS) is 12.1. The first-order chi connectivity index (χ1) is 13.9. The summed E-state index contributed by atoms with van der Waals surface area (Å²) < 4.78 is 2.05. The number of nitrogens with zero attached hydrogens (tertiary/aromatic N) is 3. The van der Waals surface area contributed by atoms with Gasteiger partial charge in [0.05, 0.1) is 17.6 Å². The van der Waals surface area contributed by atoms with E-state index < -0.39 is 0 Å². The summed E-state index contributed by atoms with van der Waals surface area (Å²) in [4.78, 5) is 11.3. The second-order valence-corrected chi connectivity index (χ2v) is 9.10. The van der Waals surface area contributed by atoms with Gasteiger partial charge in [0.2, 0.25) is 0 Å². The number of fused-ring (bicyclic) bond motifs is 1. The molecule has 0 aliphatic carbocycles. The summed E-state index contributed by atoms with van der Waals surface area (Å²) in [7, 11) is 0. The molecule has 0 bridgehead atoms. The lowest BCUT2D eigenvalue weighted by molar-refractivity contribution is 0.132. The van der Waals surface area contributed by atoms with E-state index in [9.17, 15) is 0 Å². The molecule has 5 heteroatoms. The molecule has 4 rings (SSSR count). The van der Waals surface area contributed by atoms with Gasteiger partial charge in [-0.25, -0.2) is 4.98 Å². The molecule has 0 spiro atoms. The monoisotopic (exact) mass is 403 g/mol. The van der Waals surface area contributed by atoms with Crippen LogP contribution in [0.1, 0.15) is 43.2 Å². The quantitative estimate of drug-likeness (QED) is 0.293. The lowest BCUT2D eigenvalue weighted by Gasteiger charge is -2.18. The Labute approximate surface area is 175 Å². The fourth-order valence-electron chi connectivity index (χ4n) is 3.15. The third-order valence-electron chi connectivity index (χ3n) is 4.92. The second kappa shape index (κ2) is 7.84. The number of hydrogen-bond acceptors (Lipinski definition) is 4. The Morgan fingerprint density at radius 2 is 1.79 bits per heavy atom. The highest BCUT2D eigenvalue weighted by molar-refractivity contribution is 7.15. The Bertz CT molecular complexity index is 1130. The van der Waals surface area contributed by atoms with Crippen molar-refractivity contribution in [2.45, 2.75) is 39.7 Å². The number of aromatic nitrogens is 2. The zero-order valence-electron chi connectivity index (χ0n) is 17.2. The van der Waals surface area contributed by atoms with Crippen LogP contribution < -0.4 is 0 Å². The molecule has 29 heavy (non-hydrogen) atoms. The van der Waals surface area contributed by atoms with E-state index in [-0.39, 0.29) is 5.41 Å². The van der Waals surface area contributed by atoms with Crippen molar-refractivity contribution in [2.24, 2.45) is 5.16 Å². The first-order valence-electron chi connectivity index (χ1n) is 9.69. The zero-order chi connectivity index (χ0) is 20.4. The first-order valence-corrected chi connectivity index (χ1v) is 10.6. The van der Waals surface area contributed by atoms with Crippen LogP contribution in [0.2, 0.25) is 0 Å². The van der Waals surface area contributed by atoms with Crippen molar-refractivity contribution in [3.8, 4) is 11.3 Å². The smallest absolute Gasteiger partial charge is 0.194 e. The standard InChI is InChI=1S/C24H25N3OS/c1-17-5-9-19(10-6-17)22-21(27-13-14-29-23(27)26-22)15-25-28-16-18-7-11-20(12-8-18)24(2,3)4/h5-15H,16H2,1-4H3/b25-15+. The predicted molar refractivity (Wildman–Crippen MR) is 121 cm³/mol. The van der Waals surface area contributed by atoms with Crippen molar-refractivity contribution < 1.29 is 4.84 Å². The van der Waals surface area contributed by atoms with Crippen LogP contribution in [0.15, 0.2) is 65.3 Å². The van der Waals surface area contributed by atoms with Crippen LogP contribution in [0, 0.1) is 6.92 Å². The predicted octanol–water partition coefficient (Wildman–Crippen LogP) is 6.22. The largest absolute Gasteiger partial charge is 0.391 e. The number of benzene rings is 2. The molecule has 0 saturated heterocycles. The highest BCUT2D eigenvalue weighted by Gasteiger charge is 2.14. The van der Waals surface area contributed by atoms with Gasteiger partial charge in [0.15, 0.2) is 4.96 Å². The van der Waals surface area contributed by atoms with Gasteiger partial charge in [0.25, 0.3) is 0 Å². The number of thiazole rings is 1. The molecule has 0 unspecified atom stereocenters. The fourth-order valence-corrected chi connectivity index (χ4v) is 3.87. The number of imidazole rings is 1. The third kappa shape index (κ3) is 4.25. The van der Waals surface area contributed by atoms with E-state index >= 15 is 0 Å². The van der Waals surface area contributed by atoms with E-state index in [1.54, 1.807) is 17.6 Å². The van der Waals surface area contributed by atoms with Crippen molar-refractivity contribution in [2.75, 3.05) is 0 Å². The highest BCUT2D eigenvalue weighted by Crippen LogP contribution is 2.26. The molecule has 2 aromatic heterocycles. The number of hydrogen-bond donors (Lipinski definition) is 0. The molecule has 0 aliphatic rings. The van der Waals surface area contributed by atoms with Crippen molar-refractivity contribution >= 4 is 22.5 Å². The van der Waals surface area contributed by atoms with Crippen molar-refractivity contribution in [1.82, 2.24) is 9.38 Å². The molecule has 0 saturated carbocycles. The summed E-state index contributed by atoms with van der Waals surface area (Å²) in [5, 5.41) is 6.26. The summed E-state index contributed by atoms with van der Waals surface area (Å²) in [6.45, 7) is 9.16. The molecule has 4 nitrogen and oxygen atoms in total. The molecule has 0 fully saturated rings. The highest BCUT2D eigenvalue weighted by atomic mass is 32.1. The van der Waals surface area contributed by atoms with Gasteiger partial charge in [0.1, 0.15) is 6.61 Å². The van der Waals surface area contributed by atoms with Gasteiger partial charge in [-0.15, -0.1) is 11.3 Å². The molecular formula is C24H25N3OS. The Kier molecular flexibility index (Phi) is 5.24. The van der Waals surface area contributed by atoms with Crippen LogP contribution in [0.4, 0.5) is 0 Å². The fraction of sp³-hybridized carbons (Fsp3) is 0.250. The minimum atomic E-state index is 0.151. The average molecular weight is 404 g/mol. The SMILES string of the molecule is Cc1ccc(-c2nc3sccn3c2/C=N/OCc2ccc(C(C)(C)C)cc2)cc1. The van der Waals surface area contributed by atoms with Gasteiger partial charge in [-0.3, -0.25) is 4.40 Å². The van der Waals surface area contributed by atoms with E-state index in [1.807, 2.05) is 16.0 Å². The van der Waals surface area contributed by atoms with Crippen LogP contribution in [-0.2, 0) is 16.9 Å². The zero-order valence-corrected chi connectivity index (χ0v) is 18.0. The molecule has 0 radical (unpaired) electrons. The second-order valence-electron chi connectivity index (χ2n) is 8.22. The molecular weight excluding hydrogens is 378 g/mol. The van der Waals surface area contributed by atoms with E-state index in [1.165, 1.54) is 11.1 Å². The molecule has 2 aromatic carbocycles. The van der Waals surface area contributed by atoms with Crippen LogP contribution >= 0.6 is 11.3 Å². The molecule has 2 heterocycles. The summed E-state index contributed by atoms with van der Waals surface area (Å²) in [6, 6.07) is 16.9. The lowest BCUT2D eigenvalue weighted by atomic mass is 9.87. The molecule has 0 atom stereocenters. The van der Waals surface area contributed by atoms with Gasteiger partial charge in [0, 0.05) is 17.1 Å². The summed E-state index contributed by atoms with van der Waals surface area (Å²) >= 11 is 1.61. The Morgan fingerprint density at radius 3 is 2.48 bits per heavy atom. The van der Waals surface area contributed by atoms with E-state index in [2.05, 4.69) is 81.4 Å². The average Bonchev–Trinajstić information content (AvgIpc) is 3.27. The number of oxime groups is 1. The van der Waals surface area contributed by atoms with Gasteiger partial charge < -0.3 is 4.84 Å². The van der Waals surface area contributed by atoms with Crippen LogP contribution in [0.3, 0.4) is 0 Å². The van der Waals surface area contributed by atoms with Crippen molar-refractivity contribution in [1.29, 1.82) is 0 Å². The van der Waals surface area contributed by atoms with Crippen molar-refractivity contribution in [3.05, 3.63) is 82.5 Å². The van der Waals surface area contributed by atoms with Gasteiger partial charge in [-0.2, -0.15) is 0 Å². The van der Waals surface area contributed by atoms with Gasteiger partial charge >= 0.3 is 0 Å². The van der Waals surface area contributed by atoms with Gasteiger partial charge in [-0.05, 0) is 23.5 Å². The van der Waals surface area contributed by atoms with E-state index in [0.29, 0.717) is 6.61 Å². The maximum absolute atomic E-state index is 5.59. The minimum Gasteiger partial charge on any atom is -0.391 e. The minimum absolute atomic E-state index is 0.151. The topological polar surface area (TPSA) is 38.9 Å². The summed E-state index contributed by atoms with van der Waals surface area (Å²) in [5.41, 5.74) is 6.70. The van der Waals surface area contributed by atoms with Gasteiger partial charge in [-0.1, -0.05) is 80.0 Å².